The van der Waals surface area contributed by atoms with Crippen LogP contribution in [0.4, 0.5) is 5.00 Å². The van der Waals surface area contributed by atoms with Crippen LogP contribution in [0.15, 0.2) is 6.07 Å². The van der Waals surface area contributed by atoms with Crippen molar-refractivity contribution in [2.75, 3.05) is 11.9 Å². The zero-order valence-corrected chi connectivity index (χ0v) is 17.3. The summed E-state index contributed by atoms with van der Waals surface area (Å²) < 4.78 is 5.45. The number of phenolic OH excluding ortho intramolecular Hbond substituents is 1. The van der Waals surface area contributed by atoms with E-state index in [9.17, 15) is 9.90 Å². The average molecular weight is 427 g/mol. The molecule has 1 aromatic heterocycles. The molecule has 0 spiro atoms. The van der Waals surface area contributed by atoms with Crippen LogP contribution in [0, 0.1) is 5.92 Å². The summed E-state index contributed by atoms with van der Waals surface area (Å²) in [5, 5.41) is 18.2. The molecule has 0 saturated heterocycles. The van der Waals surface area contributed by atoms with Crippen molar-refractivity contribution in [3.8, 4) is 11.5 Å². The van der Waals surface area contributed by atoms with E-state index in [2.05, 4.69) is 17.6 Å². The highest BCUT2D eigenvalue weighted by Crippen LogP contribution is 2.47. The van der Waals surface area contributed by atoms with Crippen molar-refractivity contribution in [2.45, 2.75) is 39.3 Å². The summed E-state index contributed by atoms with van der Waals surface area (Å²) in [6, 6.07) is 1.48. The molecule has 4 rings (SSSR count). The van der Waals surface area contributed by atoms with Gasteiger partial charge in [0, 0.05) is 10.9 Å². The van der Waals surface area contributed by atoms with Crippen LogP contribution in [-0.2, 0) is 12.8 Å². The Bertz CT molecular complexity index is 928. The number of halogens is 2. The van der Waals surface area contributed by atoms with E-state index in [0.29, 0.717) is 18.1 Å². The van der Waals surface area contributed by atoms with Gasteiger partial charge in [-0.15, -0.1) is 11.3 Å². The summed E-state index contributed by atoms with van der Waals surface area (Å²) in [5.41, 5.74) is 2.18. The topological polar surface area (TPSA) is 70.6 Å². The number of thiophene rings is 1. The minimum absolute atomic E-state index is 0.123. The molecule has 1 aliphatic heterocycles. The maximum atomic E-state index is 12.9. The van der Waals surface area contributed by atoms with Gasteiger partial charge in [-0.25, -0.2) is 0 Å². The third kappa shape index (κ3) is 3.13. The lowest BCUT2D eigenvalue weighted by Crippen LogP contribution is -2.38. The zero-order valence-electron chi connectivity index (χ0n) is 15.0. The Morgan fingerprint density at radius 3 is 2.89 bits per heavy atom. The summed E-state index contributed by atoms with van der Waals surface area (Å²) in [4.78, 5) is 14.1. The van der Waals surface area contributed by atoms with E-state index in [1.807, 2.05) is 6.92 Å². The fraction of sp³-hybridized carbons (Fsp3) is 0.421. The first-order valence-electron chi connectivity index (χ1n) is 8.96. The number of carbonyl (C=O) groups excluding carboxylic acids is 1. The summed E-state index contributed by atoms with van der Waals surface area (Å²) in [6.45, 7) is 4.41. The van der Waals surface area contributed by atoms with Crippen molar-refractivity contribution in [1.82, 2.24) is 5.32 Å². The number of carbonyl (C=O) groups is 1. The van der Waals surface area contributed by atoms with Crippen molar-refractivity contribution >= 4 is 45.4 Å². The van der Waals surface area contributed by atoms with Gasteiger partial charge in [-0.2, -0.15) is 0 Å². The molecule has 0 fully saturated rings. The SMILES string of the molecule is CCOc1cc(Cl)c(Cl)c([C@H]2NC(=O)c3c(sc4c3CC[C@@H](C)C4)N2)c1O. The summed E-state index contributed by atoms with van der Waals surface area (Å²) >= 11 is 14.2. The van der Waals surface area contributed by atoms with Gasteiger partial charge in [0.15, 0.2) is 11.5 Å². The third-order valence-electron chi connectivity index (χ3n) is 5.07. The standard InChI is InChI=1S/C19H20Cl2N2O3S/c1-3-26-11-7-10(20)15(21)14(16(11)24)17-22-18(25)13-9-5-4-8(2)6-12(9)27-19(13)23-17/h7-8,17,23-24H,3-6H2,1-2H3,(H,22,25)/t8-,17+/m1/s1. The van der Waals surface area contributed by atoms with Crippen LogP contribution in [0.1, 0.15) is 52.8 Å². The van der Waals surface area contributed by atoms with Crippen LogP contribution >= 0.6 is 34.5 Å². The van der Waals surface area contributed by atoms with E-state index in [4.69, 9.17) is 27.9 Å². The first-order valence-corrected chi connectivity index (χ1v) is 10.5. The number of nitrogens with one attached hydrogen (secondary N) is 2. The minimum atomic E-state index is -0.687. The van der Waals surface area contributed by atoms with Crippen LogP contribution in [0.25, 0.3) is 0 Å². The van der Waals surface area contributed by atoms with Gasteiger partial charge >= 0.3 is 0 Å². The molecular weight excluding hydrogens is 407 g/mol. The predicted molar refractivity (Wildman–Crippen MR) is 109 cm³/mol. The number of amides is 1. The molecule has 3 N–H and O–H groups in total. The number of ether oxygens (including phenoxy) is 1. The van der Waals surface area contributed by atoms with E-state index in [0.717, 1.165) is 35.4 Å². The number of rotatable bonds is 3. The minimum Gasteiger partial charge on any atom is -0.504 e. The summed E-state index contributed by atoms with van der Waals surface area (Å²) in [7, 11) is 0. The second kappa shape index (κ2) is 7.08. The van der Waals surface area contributed by atoms with Crippen LogP contribution < -0.4 is 15.4 Å². The molecule has 5 nitrogen and oxygen atoms in total. The second-order valence-corrected chi connectivity index (χ2v) is 8.86. The molecule has 0 saturated carbocycles. The number of hydrogen-bond acceptors (Lipinski definition) is 5. The lowest BCUT2D eigenvalue weighted by molar-refractivity contribution is 0.0934. The van der Waals surface area contributed by atoms with Gasteiger partial charge in [0.2, 0.25) is 0 Å². The lowest BCUT2D eigenvalue weighted by atomic mass is 9.88. The predicted octanol–water partition coefficient (Wildman–Crippen LogP) is 5.14. The number of benzene rings is 1. The largest absolute Gasteiger partial charge is 0.504 e. The Morgan fingerprint density at radius 1 is 1.37 bits per heavy atom. The zero-order chi connectivity index (χ0) is 19.3. The second-order valence-electron chi connectivity index (χ2n) is 6.97. The number of hydrogen-bond donors (Lipinski definition) is 3. The Balaban J connectivity index is 1.76. The van der Waals surface area contributed by atoms with Gasteiger partial charge in [0.05, 0.1) is 27.8 Å². The summed E-state index contributed by atoms with van der Waals surface area (Å²) in [5.74, 6) is 0.580. The Labute approximate surface area is 171 Å². The third-order valence-corrected chi connectivity index (χ3v) is 7.06. The molecule has 2 aromatic rings. The Hall–Kier alpha value is -1.63. The van der Waals surface area contributed by atoms with Gasteiger partial charge in [0.1, 0.15) is 11.2 Å². The lowest BCUT2D eigenvalue weighted by Gasteiger charge is -2.28. The maximum Gasteiger partial charge on any atom is 0.256 e. The number of aromatic hydroxyl groups is 1. The molecule has 2 heterocycles. The molecule has 27 heavy (non-hydrogen) atoms. The number of phenols is 1. The van der Waals surface area contributed by atoms with Crippen LogP contribution in [-0.4, -0.2) is 17.6 Å². The quantitative estimate of drug-likeness (QED) is 0.635. The smallest absolute Gasteiger partial charge is 0.256 e. The number of fused-ring (bicyclic) bond motifs is 3. The highest BCUT2D eigenvalue weighted by atomic mass is 35.5. The normalized spacial score (nSPS) is 21.1. The highest BCUT2D eigenvalue weighted by Gasteiger charge is 2.35. The summed E-state index contributed by atoms with van der Waals surface area (Å²) in [6.07, 6.45) is 2.31. The van der Waals surface area contributed by atoms with E-state index < -0.39 is 6.17 Å². The van der Waals surface area contributed by atoms with Crippen molar-refractivity contribution in [3.05, 3.63) is 37.7 Å². The van der Waals surface area contributed by atoms with E-state index >= 15 is 0 Å². The van der Waals surface area contributed by atoms with Crippen molar-refractivity contribution in [1.29, 1.82) is 0 Å². The molecule has 1 amide bonds. The van der Waals surface area contributed by atoms with Crippen molar-refractivity contribution < 1.29 is 14.6 Å². The van der Waals surface area contributed by atoms with Gasteiger partial charge in [-0.1, -0.05) is 30.1 Å². The van der Waals surface area contributed by atoms with Crippen LogP contribution in [0.3, 0.4) is 0 Å². The molecule has 8 heteroatoms. The fourth-order valence-corrected chi connectivity index (χ4v) is 5.64. The van der Waals surface area contributed by atoms with Crippen molar-refractivity contribution in [2.24, 2.45) is 5.92 Å². The molecule has 0 radical (unpaired) electrons. The van der Waals surface area contributed by atoms with E-state index in [1.54, 1.807) is 11.3 Å². The molecule has 2 atom stereocenters. The monoisotopic (exact) mass is 426 g/mol. The molecule has 1 aromatic carbocycles. The molecule has 0 unspecified atom stereocenters. The first kappa shape index (κ1) is 18.7. The maximum absolute atomic E-state index is 12.9. The first-order chi connectivity index (χ1) is 12.9. The van der Waals surface area contributed by atoms with E-state index in [-0.39, 0.29) is 27.5 Å². The average Bonchev–Trinajstić information content (AvgIpc) is 2.97. The Morgan fingerprint density at radius 2 is 2.15 bits per heavy atom. The van der Waals surface area contributed by atoms with Crippen LogP contribution in [0.2, 0.25) is 10.0 Å². The molecule has 1 aliphatic carbocycles. The highest BCUT2D eigenvalue weighted by molar-refractivity contribution is 7.16. The van der Waals surface area contributed by atoms with Gasteiger partial charge in [-0.3, -0.25) is 4.79 Å². The molecule has 144 valence electrons. The molecule has 0 bridgehead atoms. The van der Waals surface area contributed by atoms with Gasteiger partial charge < -0.3 is 20.5 Å². The Kier molecular flexibility index (Phi) is 4.91. The molecular formula is C19H20Cl2N2O3S. The fourth-order valence-electron chi connectivity index (χ4n) is 3.75. The van der Waals surface area contributed by atoms with Gasteiger partial charge in [0.25, 0.3) is 5.91 Å². The number of anilines is 1. The van der Waals surface area contributed by atoms with Crippen molar-refractivity contribution in [3.63, 3.8) is 0 Å². The molecule has 2 aliphatic rings. The van der Waals surface area contributed by atoms with E-state index in [1.165, 1.54) is 10.9 Å². The van der Waals surface area contributed by atoms with Crippen LogP contribution in [0.5, 0.6) is 11.5 Å². The van der Waals surface area contributed by atoms with Gasteiger partial charge in [-0.05, 0) is 37.7 Å².